The van der Waals surface area contributed by atoms with Crippen LogP contribution in [-0.4, -0.2) is 49.1 Å². The number of nitrogens with two attached hydrogens (primary N) is 1. The number of thioether (sulfide) groups is 1. The Hall–Kier alpha value is -1.54. The first kappa shape index (κ1) is 17.3. The Morgan fingerprint density at radius 1 is 1.46 bits per heavy atom. The number of hydrogen-bond acceptors (Lipinski definition) is 6. The number of allylic oxidation sites excluding steroid dienone is 1. The van der Waals surface area contributed by atoms with E-state index in [1.54, 1.807) is 6.20 Å². The average Bonchev–Trinajstić information content (AvgIpc) is 2.64. The normalized spacial score (nSPS) is 17.8. The molecule has 0 spiro atoms. The first-order chi connectivity index (χ1) is 11.8. The van der Waals surface area contributed by atoms with Crippen molar-refractivity contribution < 1.29 is 9.53 Å². The number of pyridine rings is 1. The maximum Gasteiger partial charge on any atom is 0.207 e. The molecule has 0 saturated carbocycles. The molecular weight excluding hydrogens is 348 g/mol. The van der Waals surface area contributed by atoms with Crippen molar-refractivity contribution in [2.24, 2.45) is 5.73 Å². The molecule has 3 rings (SSSR count). The maximum absolute atomic E-state index is 10.7. The predicted molar refractivity (Wildman–Crippen MR) is 94.3 cm³/mol. The van der Waals surface area contributed by atoms with Gasteiger partial charge in [0.1, 0.15) is 5.03 Å². The van der Waals surface area contributed by atoms with E-state index in [1.165, 1.54) is 11.8 Å². The largest absolute Gasteiger partial charge is 0.378 e. The molecule has 6 nitrogen and oxygen atoms in total. The summed E-state index contributed by atoms with van der Waals surface area (Å²) in [6.07, 6.45) is 2.44. The Morgan fingerprint density at radius 2 is 2.25 bits per heavy atom. The van der Waals surface area contributed by atoms with Crippen molar-refractivity contribution in [2.75, 3.05) is 32.8 Å². The molecule has 0 unspecified atom stereocenters. The van der Waals surface area contributed by atoms with Crippen LogP contribution in [0.4, 0.5) is 0 Å². The van der Waals surface area contributed by atoms with Crippen molar-refractivity contribution in [3.8, 4) is 0 Å². The summed E-state index contributed by atoms with van der Waals surface area (Å²) >= 11 is 8.08. The Morgan fingerprint density at radius 3 is 2.96 bits per heavy atom. The van der Waals surface area contributed by atoms with Crippen LogP contribution in [0.25, 0.3) is 0 Å². The highest BCUT2D eigenvalue weighted by atomic mass is 35.5. The summed E-state index contributed by atoms with van der Waals surface area (Å²) in [5.41, 5.74) is 8.80. The van der Waals surface area contributed by atoms with Crippen molar-refractivity contribution in [3.63, 3.8) is 0 Å². The Balaban J connectivity index is 1.83. The third-order valence-electron chi connectivity index (χ3n) is 3.93. The quantitative estimate of drug-likeness (QED) is 0.710. The van der Waals surface area contributed by atoms with Gasteiger partial charge in [-0.15, -0.1) is 0 Å². The van der Waals surface area contributed by atoms with Gasteiger partial charge in [-0.05, 0) is 11.6 Å². The lowest BCUT2D eigenvalue weighted by atomic mass is 10.0. The lowest BCUT2D eigenvalue weighted by Crippen LogP contribution is -2.39. The number of amides is 1. The highest BCUT2D eigenvalue weighted by Crippen LogP contribution is 2.48. The molecule has 0 bridgehead atoms. The van der Waals surface area contributed by atoms with Crippen LogP contribution in [-0.2, 0) is 16.1 Å². The maximum atomic E-state index is 10.7. The zero-order chi connectivity index (χ0) is 16.9. The van der Waals surface area contributed by atoms with Gasteiger partial charge in [0.15, 0.2) is 0 Å². The summed E-state index contributed by atoms with van der Waals surface area (Å²) in [6.45, 7) is 3.82. The van der Waals surface area contributed by atoms with Crippen molar-refractivity contribution in [1.82, 2.24) is 15.2 Å². The third kappa shape index (κ3) is 3.44. The minimum atomic E-state index is 0.420. The zero-order valence-electron chi connectivity index (χ0n) is 13.1. The highest BCUT2D eigenvalue weighted by molar-refractivity contribution is 8.03. The van der Waals surface area contributed by atoms with E-state index < -0.39 is 0 Å². The smallest absolute Gasteiger partial charge is 0.207 e. The fourth-order valence-electron chi connectivity index (χ4n) is 2.72. The summed E-state index contributed by atoms with van der Waals surface area (Å²) < 4.78 is 5.40. The number of morpholine rings is 1. The molecule has 1 fully saturated rings. The number of aromatic nitrogens is 1. The summed E-state index contributed by atoms with van der Waals surface area (Å²) in [5, 5.41) is 4.30. The van der Waals surface area contributed by atoms with E-state index in [0.29, 0.717) is 32.7 Å². The molecule has 24 heavy (non-hydrogen) atoms. The second-order valence-corrected chi connectivity index (χ2v) is 6.72. The van der Waals surface area contributed by atoms with Gasteiger partial charge < -0.3 is 20.7 Å². The molecule has 8 heteroatoms. The predicted octanol–water partition coefficient (Wildman–Crippen LogP) is 1.43. The molecule has 3 N–H and O–H groups in total. The standard InChI is InChI=1S/C16H19ClN4O2S/c17-13-14(21-4-6-23-7-5-21)12(9-19-10-22)15(13)24-16-11(8-18)2-1-3-20-16/h1-3,10H,4-9,18H2,(H,19,22). The van der Waals surface area contributed by atoms with Crippen LogP contribution in [0.15, 0.2) is 44.6 Å². The van der Waals surface area contributed by atoms with Crippen LogP contribution in [0, 0.1) is 0 Å². The summed E-state index contributed by atoms with van der Waals surface area (Å²) in [5.74, 6) is 0. The number of ether oxygens (including phenoxy) is 1. The van der Waals surface area contributed by atoms with E-state index in [1.807, 2.05) is 12.1 Å². The van der Waals surface area contributed by atoms with Crippen LogP contribution in [0.2, 0.25) is 0 Å². The van der Waals surface area contributed by atoms with Crippen molar-refractivity contribution >= 4 is 29.8 Å². The van der Waals surface area contributed by atoms with Gasteiger partial charge in [-0.2, -0.15) is 0 Å². The molecule has 128 valence electrons. The second-order valence-electron chi connectivity index (χ2n) is 5.34. The molecule has 2 aliphatic rings. The fourth-order valence-corrected chi connectivity index (χ4v) is 4.25. The molecule has 2 heterocycles. The lowest BCUT2D eigenvalue weighted by molar-refractivity contribution is -0.109. The molecular formula is C16H19ClN4O2S. The van der Waals surface area contributed by atoms with Gasteiger partial charge in [-0.3, -0.25) is 4.79 Å². The number of hydrogen-bond donors (Lipinski definition) is 2. The zero-order valence-corrected chi connectivity index (χ0v) is 14.7. The van der Waals surface area contributed by atoms with E-state index in [9.17, 15) is 4.79 Å². The van der Waals surface area contributed by atoms with Crippen molar-refractivity contribution in [1.29, 1.82) is 0 Å². The van der Waals surface area contributed by atoms with Gasteiger partial charge in [0.05, 0.1) is 23.9 Å². The number of carbonyl (C=O) groups is 1. The molecule has 1 amide bonds. The van der Waals surface area contributed by atoms with Crippen molar-refractivity contribution in [2.45, 2.75) is 11.6 Å². The minimum absolute atomic E-state index is 0.420. The number of carbonyl (C=O) groups excluding carboxylic acids is 1. The van der Waals surface area contributed by atoms with E-state index in [-0.39, 0.29) is 0 Å². The molecule has 0 atom stereocenters. The molecule has 1 aromatic rings. The monoisotopic (exact) mass is 366 g/mol. The van der Waals surface area contributed by atoms with E-state index in [2.05, 4.69) is 15.2 Å². The van der Waals surface area contributed by atoms with Crippen LogP contribution < -0.4 is 11.1 Å². The molecule has 0 radical (unpaired) electrons. The summed E-state index contributed by atoms with van der Waals surface area (Å²) in [6, 6.07) is 3.82. The number of halogens is 1. The Labute approximate surface area is 150 Å². The number of rotatable bonds is 7. The van der Waals surface area contributed by atoms with Gasteiger partial charge in [0.25, 0.3) is 0 Å². The Kier molecular flexibility index (Phi) is 5.78. The first-order valence-corrected chi connectivity index (χ1v) is 8.91. The van der Waals surface area contributed by atoms with Crippen LogP contribution in [0.3, 0.4) is 0 Å². The van der Waals surface area contributed by atoms with Gasteiger partial charge in [-0.25, -0.2) is 4.98 Å². The summed E-state index contributed by atoms with van der Waals surface area (Å²) in [4.78, 5) is 18.3. The SMILES string of the molecule is NCc1cccnc1SC1=C(Cl)C(N2CCOCC2)=C1CNC=O. The number of nitrogens with zero attached hydrogens (tertiary/aromatic N) is 2. The summed E-state index contributed by atoms with van der Waals surface area (Å²) in [7, 11) is 0. The second kappa shape index (κ2) is 8.02. The van der Waals surface area contributed by atoms with Crippen molar-refractivity contribution in [3.05, 3.63) is 45.1 Å². The average molecular weight is 367 g/mol. The van der Waals surface area contributed by atoms with Crippen LogP contribution in [0.1, 0.15) is 5.56 Å². The lowest BCUT2D eigenvalue weighted by Gasteiger charge is -2.38. The molecule has 1 saturated heterocycles. The van der Waals surface area contributed by atoms with E-state index in [0.717, 1.165) is 44.9 Å². The highest BCUT2D eigenvalue weighted by Gasteiger charge is 2.33. The van der Waals surface area contributed by atoms with Gasteiger partial charge >= 0.3 is 0 Å². The van der Waals surface area contributed by atoms with Crippen LogP contribution in [0.5, 0.6) is 0 Å². The van der Waals surface area contributed by atoms with Gasteiger partial charge in [-0.1, -0.05) is 29.4 Å². The molecule has 1 aliphatic carbocycles. The molecule has 0 aromatic carbocycles. The van der Waals surface area contributed by atoms with E-state index >= 15 is 0 Å². The van der Waals surface area contributed by atoms with Crippen LogP contribution >= 0.6 is 23.4 Å². The first-order valence-electron chi connectivity index (χ1n) is 7.71. The van der Waals surface area contributed by atoms with E-state index in [4.69, 9.17) is 22.1 Å². The van der Waals surface area contributed by atoms with Gasteiger partial charge in [0.2, 0.25) is 6.41 Å². The number of nitrogens with one attached hydrogen (secondary N) is 1. The van der Waals surface area contributed by atoms with Gasteiger partial charge in [0, 0.05) is 42.9 Å². The third-order valence-corrected chi connectivity index (χ3v) is 5.62. The molecule has 1 aliphatic heterocycles. The minimum Gasteiger partial charge on any atom is -0.378 e. The molecule has 1 aromatic heterocycles. The Bertz CT molecular complexity index is 686. The fraction of sp³-hybridized carbons (Fsp3) is 0.375. The topological polar surface area (TPSA) is 80.5 Å².